The lowest BCUT2D eigenvalue weighted by Crippen LogP contribution is -2.05. The minimum Gasteiger partial charge on any atom is -0.365 e. The van der Waals surface area contributed by atoms with Crippen LogP contribution in [0.15, 0.2) is 55.1 Å². The molecule has 74 valence electrons. The summed E-state index contributed by atoms with van der Waals surface area (Å²) >= 11 is 0. The molecule has 0 saturated heterocycles. The van der Waals surface area contributed by atoms with Crippen LogP contribution in [0.2, 0.25) is 0 Å². The third kappa shape index (κ3) is 3.58. The molecule has 0 amide bonds. The van der Waals surface area contributed by atoms with Crippen LogP contribution in [0.4, 0.5) is 0 Å². The van der Waals surface area contributed by atoms with Gasteiger partial charge in [0.25, 0.3) is 0 Å². The summed E-state index contributed by atoms with van der Waals surface area (Å²) in [5, 5.41) is 0. The minimum absolute atomic E-state index is 0.0141. The Balaban J connectivity index is 2.43. The molecule has 0 spiro atoms. The average Bonchev–Trinajstić information content (AvgIpc) is 2.25. The third-order valence-corrected chi connectivity index (χ3v) is 1.90. The molecular weight excluding hydrogens is 172 g/mol. The van der Waals surface area contributed by atoms with Gasteiger partial charge >= 0.3 is 0 Å². The predicted molar refractivity (Wildman–Crippen MR) is 60.0 cm³/mol. The van der Waals surface area contributed by atoms with Gasteiger partial charge in [-0.1, -0.05) is 48.6 Å². The first-order valence-electron chi connectivity index (χ1n) is 4.77. The molecule has 1 unspecified atom stereocenters. The van der Waals surface area contributed by atoms with E-state index in [4.69, 9.17) is 4.74 Å². The molecule has 0 aliphatic rings. The van der Waals surface area contributed by atoms with Crippen molar-refractivity contribution in [3.63, 3.8) is 0 Å². The summed E-state index contributed by atoms with van der Waals surface area (Å²) in [5.41, 5.74) is 1.18. The number of benzene rings is 1. The van der Waals surface area contributed by atoms with Crippen LogP contribution >= 0.6 is 0 Å². The Kier molecular flexibility index (Phi) is 4.73. The predicted octanol–water partition coefficient (Wildman–Crippen LogP) is 3.33. The summed E-state index contributed by atoms with van der Waals surface area (Å²) in [6, 6.07) is 10.1. The van der Waals surface area contributed by atoms with Crippen molar-refractivity contribution >= 4 is 0 Å². The number of allylic oxidation sites excluding steroid dienone is 1. The van der Waals surface area contributed by atoms with Gasteiger partial charge in [-0.05, 0) is 12.5 Å². The molecule has 1 heteroatoms. The van der Waals surface area contributed by atoms with Crippen molar-refractivity contribution < 1.29 is 4.74 Å². The molecule has 0 aromatic heterocycles. The summed E-state index contributed by atoms with van der Waals surface area (Å²) in [7, 11) is 0. The fourth-order valence-electron chi connectivity index (χ4n) is 1.16. The molecule has 1 atom stereocenters. The summed E-state index contributed by atoms with van der Waals surface area (Å²) < 4.78 is 5.61. The summed E-state index contributed by atoms with van der Waals surface area (Å²) in [4.78, 5) is 0. The molecule has 1 aromatic rings. The lowest BCUT2D eigenvalue weighted by molar-refractivity contribution is 0.102. The van der Waals surface area contributed by atoms with Crippen molar-refractivity contribution in [3.8, 4) is 0 Å². The number of rotatable bonds is 5. The molecule has 1 rings (SSSR count). The first kappa shape index (κ1) is 10.7. The molecule has 0 bridgehead atoms. The molecule has 0 radical (unpaired) electrons. The molecule has 1 aromatic carbocycles. The molecule has 14 heavy (non-hydrogen) atoms. The van der Waals surface area contributed by atoms with Gasteiger partial charge in [0.1, 0.15) is 0 Å². The molecule has 0 fully saturated rings. The standard InChI is InChI=1S/C13H16O/c1-3-8-13(4-2)14-11-12-9-6-5-7-10-12/h3-10,13H,2,11H2,1H3/b8-3+. The summed E-state index contributed by atoms with van der Waals surface area (Å²) in [6.07, 6.45) is 5.76. The van der Waals surface area contributed by atoms with E-state index in [0.29, 0.717) is 6.61 Å². The minimum atomic E-state index is 0.0141. The van der Waals surface area contributed by atoms with E-state index in [1.54, 1.807) is 6.08 Å². The molecule has 0 N–H and O–H groups in total. The third-order valence-electron chi connectivity index (χ3n) is 1.90. The van der Waals surface area contributed by atoms with E-state index in [9.17, 15) is 0 Å². The van der Waals surface area contributed by atoms with Gasteiger partial charge in [0, 0.05) is 0 Å². The van der Waals surface area contributed by atoms with Crippen molar-refractivity contribution in [1.29, 1.82) is 0 Å². The fourth-order valence-corrected chi connectivity index (χ4v) is 1.16. The zero-order valence-corrected chi connectivity index (χ0v) is 8.52. The van der Waals surface area contributed by atoms with Crippen molar-refractivity contribution in [2.45, 2.75) is 19.6 Å². The monoisotopic (exact) mass is 188 g/mol. The van der Waals surface area contributed by atoms with E-state index < -0.39 is 0 Å². The van der Waals surface area contributed by atoms with Crippen LogP contribution in [0.3, 0.4) is 0 Å². The van der Waals surface area contributed by atoms with Crippen LogP contribution in [0, 0.1) is 0 Å². The van der Waals surface area contributed by atoms with Gasteiger partial charge in [-0.2, -0.15) is 0 Å². The van der Waals surface area contributed by atoms with Crippen molar-refractivity contribution in [1.82, 2.24) is 0 Å². The lowest BCUT2D eigenvalue weighted by atomic mass is 10.2. The van der Waals surface area contributed by atoms with Crippen LogP contribution in [-0.2, 0) is 11.3 Å². The van der Waals surface area contributed by atoms with Crippen LogP contribution in [0.5, 0.6) is 0 Å². The fraction of sp³-hybridized carbons (Fsp3) is 0.231. The quantitative estimate of drug-likeness (QED) is 0.644. The van der Waals surface area contributed by atoms with E-state index in [1.807, 2.05) is 37.3 Å². The Hall–Kier alpha value is -1.34. The second-order valence-corrected chi connectivity index (χ2v) is 3.02. The lowest BCUT2D eigenvalue weighted by Gasteiger charge is -2.09. The summed E-state index contributed by atoms with van der Waals surface area (Å²) in [6.45, 7) is 6.32. The average molecular weight is 188 g/mol. The largest absolute Gasteiger partial charge is 0.365 e. The Morgan fingerprint density at radius 2 is 2.07 bits per heavy atom. The highest BCUT2D eigenvalue weighted by Gasteiger charge is 1.98. The second-order valence-electron chi connectivity index (χ2n) is 3.02. The number of hydrogen-bond donors (Lipinski definition) is 0. The Morgan fingerprint density at radius 1 is 1.36 bits per heavy atom. The van der Waals surface area contributed by atoms with E-state index >= 15 is 0 Å². The normalized spacial score (nSPS) is 12.9. The van der Waals surface area contributed by atoms with Gasteiger partial charge in [-0.15, -0.1) is 6.58 Å². The SMILES string of the molecule is C=CC(/C=C/C)OCc1ccccc1. The van der Waals surface area contributed by atoms with Crippen LogP contribution < -0.4 is 0 Å². The van der Waals surface area contributed by atoms with Crippen LogP contribution in [0.1, 0.15) is 12.5 Å². The smallest absolute Gasteiger partial charge is 0.0939 e. The van der Waals surface area contributed by atoms with E-state index in [-0.39, 0.29) is 6.10 Å². The molecule has 0 aliphatic carbocycles. The highest BCUT2D eigenvalue weighted by atomic mass is 16.5. The first-order valence-corrected chi connectivity index (χ1v) is 4.77. The van der Waals surface area contributed by atoms with Crippen molar-refractivity contribution in [2.75, 3.05) is 0 Å². The van der Waals surface area contributed by atoms with Crippen LogP contribution in [0.25, 0.3) is 0 Å². The maximum absolute atomic E-state index is 5.61. The Morgan fingerprint density at radius 3 is 2.64 bits per heavy atom. The highest BCUT2D eigenvalue weighted by molar-refractivity contribution is 5.13. The molecular formula is C13H16O. The van der Waals surface area contributed by atoms with E-state index in [1.165, 1.54) is 5.56 Å². The van der Waals surface area contributed by atoms with Gasteiger partial charge in [0.2, 0.25) is 0 Å². The maximum atomic E-state index is 5.61. The molecule has 0 aliphatic heterocycles. The zero-order valence-electron chi connectivity index (χ0n) is 8.52. The summed E-state index contributed by atoms with van der Waals surface area (Å²) in [5.74, 6) is 0. The van der Waals surface area contributed by atoms with Gasteiger partial charge < -0.3 is 4.74 Å². The topological polar surface area (TPSA) is 9.23 Å². The van der Waals surface area contributed by atoms with E-state index in [0.717, 1.165) is 0 Å². The number of ether oxygens (including phenoxy) is 1. The maximum Gasteiger partial charge on any atom is 0.0939 e. The van der Waals surface area contributed by atoms with Crippen molar-refractivity contribution in [3.05, 3.63) is 60.7 Å². The Bertz CT molecular complexity index is 287. The zero-order chi connectivity index (χ0) is 10.2. The van der Waals surface area contributed by atoms with Crippen LogP contribution in [-0.4, -0.2) is 6.10 Å². The highest BCUT2D eigenvalue weighted by Crippen LogP contribution is 2.04. The van der Waals surface area contributed by atoms with Gasteiger partial charge in [0.15, 0.2) is 0 Å². The molecule has 0 saturated carbocycles. The van der Waals surface area contributed by atoms with Crippen molar-refractivity contribution in [2.24, 2.45) is 0 Å². The van der Waals surface area contributed by atoms with Gasteiger partial charge in [0.05, 0.1) is 12.7 Å². The Labute approximate surface area is 85.7 Å². The molecule has 0 heterocycles. The second kappa shape index (κ2) is 6.17. The molecule has 1 nitrogen and oxygen atoms in total. The van der Waals surface area contributed by atoms with Gasteiger partial charge in [-0.25, -0.2) is 0 Å². The first-order chi connectivity index (χ1) is 6.86. The van der Waals surface area contributed by atoms with Gasteiger partial charge in [-0.3, -0.25) is 0 Å². The van der Waals surface area contributed by atoms with E-state index in [2.05, 4.69) is 18.7 Å². The number of hydrogen-bond acceptors (Lipinski definition) is 1.